The number of amides is 1. The van der Waals surface area contributed by atoms with Crippen molar-refractivity contribution >= 4 is 11.6 Å². The summed E-state index contributed by atoms with van der Waals surface area (Å²) in [5.74, 6) is 2.87. The predicted octanol–water partition coefficient (Wildman–Crippen LogP) is 4.40. The van der Waals surface area contributed by atoms with Crippen LogP contribution in [0.25, 0.3) is 17.0 Å². The third kappa shape index (κ3) is 5.25. The molecule has 9 heteroatoms. The summed E-state index contributed by atoms with van der Waals surface area (Å²) in [5, 5.41) is 15.7. The van der Waals surface area contributed by atoms with E-state index in [9.17, 15) is 4.79 Å². The monoisotopic (exact) mass is 481 g/mol. The number of benzene rings is 3. The van der Waals surface area contributed by atoms with E-state index in [0.717, 1.165) is 11.3 Å². The van der Waals surface area contributed by atoms with E-state index in [4.69, 9.17) is 14.2 Å². The lowest BCUT2D eigenvalue weighted by molar-refractivity contribution is 0.0946. The van der Waals surface area contributed by atoms with Crippen LogP contribution in [0, 0.1) is 0 Å². The highest BCUT2D eigenvalue weighted by atomic mass is 16.5. The third-order valence-electron chi connectivity index (χ3n) is 5.30. The summed E-state index contributed by atoms with van der Waals surface area (Å²) in [4.78, 5) is 12.5. The van der Waals surface area contributed by atoms with Crippen LogP contribution in [0.15, 0.2) is 91.0 Å². The number of ether oxygens (including phenoxy) is 3. The second-order valence-corrected chi connectivity index (χ2v) is 7.74. The predicted molar refractivity (Wildman–Crippen MR) is 134 cm³/mol. The summed E-state index contributed by atoms with van der Waals surface area (Å²) in [7, 11) is 1.61. The van der Waals surface area contributed by atoms with E-state index in [0.29, 0.717) is 41.0 Å². The minimum atomic E-state index is -0.201. The van der Waals surface area contributed by atoms with Gasteiger partial charge in [0.15, 0.2) is 11.5 Å². The van der Waals surface area contributed by atoms with Crippen molar-refractivity contribution in [2.75, 3.05) is 20.3 Å². The van der Waals surface area contributed by atoms with Gasteiger partial charge in [-0.2, -0.15) is 4.52 Å². The molecule has 0 atom stereocenters. The Morgan fingerprint density at radius 3 is 2.44 bits per heavy atom. The average Bonchev–Trinajstić information content (AvgIpc) is 3.35. The van der Waals surface area contributed by atoms with Gasteiger partial charge in [0, 0.05) is 17.2 Å². The van der Waals surface area contributed by atoms with Crippen LogP contribution in [0.3, 0.4) is 0 Å². The van der Waals surface area contributed by atoms with Gasteiger partial charge in [0.25, 0.3) is 5.91 Å². The van der Waals surface area contributed by atoms with E-state index in [1.54, 1.807) is 48.0 Å². The van der Waals surface area contributed by atoms with Crippen LogP contribution < -0.4 is 19.5 Å². The highest BCUT2D eigenvalue weighted by Gasteiger charge is 2.12. The molecule has 0 aliphatic rings. The van der Waals surface area contributed by atoms with E-state index >= 15 is 0 Å². The molecule has 9 nitrogen and oxygen atoms in total. The van der Waals surface area contributed by atoms with Crippen molar-refractivity contribution in [3.05, 3.63) is 96.6 Å². The molecule has 5 aromatic rings. The molecule has 0 spiro atoms. The molecular weight excluding hydrogens is 458 g/mol. The summed E-state index contributed by atoms with van der Waals surface area (Å²) in [6, 6.07) is 27.4. The number of carbonyl (C=O) groups excluding carboxylic acids is 1. The van der Waals surface area contributed by atoms with Crippen LogP contribution in [0.4, 0.5) is 0 Å². The minimum absolute atomic E-state index is 0.201. The molecule has 0 bridgehead atoms. The summed E-state index contributed by atoms with van der Waals surface area (Å²) < 4.78 is 18.4. The Bertz CT molecular complexity index is 1470. The Balaban J connectivity index is 1.16. The van der Waals surface area contributed by atoms with E-state index in [-0.39, 0.29) is 12.5 Å². The Morgan fingerprint density at radius 1 is 0.861 bits per heavy atom. The van der Waals surface area contributed by atoms with Gasteiger partial charge in [0.2, 0.25) is 5.88 Å². The largest absolute Gasteiger partial charge is 0.497 e. The molecule has 0 saturated carbocycles. The number of methoxy groups -OCH3 is 1. The lowest BCUT2D eigenvalue weighted by Gasteiger charge is -2.09. The van der Waals surface area contributed by atoms with Crippen LogP contribution in [0.2, 0.25) is 0 Å². The first-order valence-corrected chi connectivity index (χ1v) is 11.3. The van der Waals surface area contributed by atoms with E-state index in [1.807, 2.05) is 54.6 Å². The first-order valence-electron chi connectivity index (χ1n) is 11.3. The first-order chi connectivity index (χ1) is 17.7. The van der Waals surface area contributed by atoms with Gasteiger partial charge in [-0.1, -0.05) is 30.3 Å². The zero-order valence-corrected chi connectivity index (χ0v) is 19.5. The molecule has 2 aromatic heterocycles. The zero-order chi connectivity index (χ0) is 24.7. The van der Waals surface area contributed by atoms with Crippen LogP contribution in [0.1, 0.15) is 10.4 Å². The van der Waals surface area contributed by atoms with E-state index in [2.05, 4.69) is 20.6 Å². The van der Waals surface area contributed by atoms with Crippen molar-refractivity contribution < 1.29 is 19.0 Å². The van der Waals surface area contributed by atoms with Crippen LogP contribution in [-0.4, -0.2) is 46.0 Å². The zero-order valence-electron chi connectivity index (χ0n) is 19.5. The first kappa shape index (κ1) is 22.9. The van der Waals surface area contributed by atoms with Gasteiger partial charge in [-0.05, 0) is 54.6 Å². The smallest absolute Gasteiger partial charge is 0.251 e. The highest BCUT2D eigenvalue weighted by Crippen LogP contribution is 2.23. The maximum Gasteiger partial charge on any atom is 0.251 e. The van der Waals surface area contributed by atoms with E-state index < -0.39 is 0 Å². The van der Waals surface area contributed by atoms with Crippen molar-refractivity contribution in [1.29, 1.82) is 0 Å². The van der Waals surface area contributed by atoms with Gasteiger partial charge in [-0.15, -0.1) is 15.3 Å². The molecule has 0 fully saturated rings. The van der Waals surface area contributed by atoms with E-state index in [1.165, 1.54) is 0 Å². The lowest BCUT2D eigenvalue weighted by atomic mass is 10.2. The Morgan fingerprint density at radius 2 is 1.64 bits per heavy atom. The van der Waals surface area contributed by atoms with Gasteiger partial charge >= 0.3 is 0 Å². The Kier molecular flexibility index (Phi) is 6.70. The molecule has 0 unspecified atom stereocenters. The molecule has 1 amide bonds. The molecule has 5 rings (SSSR count). The van der Waals surface area contributed by atoms with Crippen LogP contribution >= 0.6 is 0 Å². The topological polar surface area (TPSA) is 99.9 Å². The maximum atomic E-state index is 12.5. The SMILES string of the molecule is COc1cccc(-c2nnc3ccc(OCCNC(=O)c4ccc(Oc5ccccc5)cc4)nn23)c1. The fraction of sp³-hybridized carbons (Fsp3) is 0.111. The van der Waals surface area contributed by atoms with Crippen molar-refractivity contribution in [3.63, 3.8) is 0 Å². The van der Waals surface area contributed by atoms with Gasteiger partial charge in [-0.25, -0.2) is 0 Å². The number of rotatable bonds is 9. The fourth-order valence-corrected chi connectivity index (χ4v) is 3.51. The fourth-order valence-electron chi connectivity index (χ4n) is 3.51. The Hall–Kier alpha value is -4.92. The summed E-state index contributed by atoms with van der Waals surface area (Å²) in [5.41, 5.74) is 1.94. The number of carbonyl (C=O) groups is 1. The Labute approximate surface area is 207 Å². The van der Waals surface area contributed by atoms with Gasteiger partial charge < -0.3 is 19.5 Å². The number of nitrogens with zero attached hydrogens (tertiary/aromatic N) is 4. The standard InChI is InChI=1S/C27H23N5O4/c1-34-23-9-5-6-20(18-23)26-30-29-24-14-15-25(31-32(24)26)35-17-16-28-27(33)19-10-12-22(13-11-19)36-21-7-3-2-4-8-21/h2-15,18H,16-17H2,1H3,(H,28,33). The second kappa shape index (κ2) is 10.6. The molecule has 0 saturated heterocycles. The molecule has 2 heterocycles. The van der Waals surface area contributed by atoms with Crippen molar-refractivity contribution in [3.8, 4) is 34.5 Å². The van der Waals surface area contributed by atoms with Gasteiger partial charge in [-0.3, -0.25) is 4.79 Å². The average molecular weight is 482 g/mol. The van der Waals surface area contributed by atoms with Gasteiger partial charge in [0.1, 0.15) is 23.9 Å². The quantitative estimate of drug-likeness (QED) is 0.312. The molecule has 36 heavy (non-hydrogen) atoms. The molecule has 1 N–H and O–H groups in total. The summed E-state index contributed by atoms with van der Waals surface area (Å²) >= 11 is 0. The molecule has 180 valence electrons. The maximum absolute atomic E-state index is 12.5. The second-order valence-electron chi connectivity index (χ2n) is 7.74. The van der Waals surface area contributed by atoms with Gasteiger partial charge in [0.05, 0.1) is 13.7 Å². The molecule has 3 aromatic carbocycles. The third-order valence-corrected chi connectivity index (χ3v) is 5.30. The number of para-hydroxylation sites is 1. The van der Waals surface area contributed by atoms with Crippen molar-refractivity contribution in [2.45, 2.75) is 0 Å². The number of aromatic nitrogens is 4. The summed E-state index contributed by atoms with van der Waals surface area (Å²) in [6.45, 7) is 0.557. The van der Waals surface area contributed by atoms with Crippen LogP contribution in [-0.2, 0) is 0 Å². The normalized spacial score (nSPS) is 10.7. The molecule has 0 aliphatic carbocycles. The number of fused-ring (bicyclic) bond motifs is 1. The molecule has 0 aliphatic heterocycles. The number of hydrogen-bond donors (Lipinski definition) is 1. The minimum Gasteiger partial charge on any atom is -0.497 e. The number of nitrogens with one attached hydrogen (secondary N) is 1. The van der Waals surface area contributed by atoms with Crippen molar-refractivity contribution in [2.24, 2.45) is 0 Å². The highest BCUT2D eigenvalue weighted by molar-refractivity contribution is 5.94. The number of hydrogen-bond acceptors (Lipinski definition) is 7. The van der Waals surface area contributed by atoms with Crippen molar-refractivity contribution in [1.82, 2.24) is 25.1 Å². The van der Waals surface area contributed by atoms with Crippen LogP contribution in [0.5, 0.6) is 23.1 Å². The lowest BCUT2D eigenvalue weighted by Crippen LogP contribution is -2.28. The molecule has 0 radical (unpaired) electrons. The molecular formula is C27H23N5O4. The summed E-state index contributed by atoms with van der Waals surface area (Å²) in [6.07, 6.45) is 0.